The summed E-state index contributed by atoms with van der Waals surface area (Å²) in [6.07, 6.45) is 0.844. The van der Waals surface area contributed by atoms with Crippen LogP contribution in [0.25, 0.3) is 32.9 Å². The summed E-state index contributed by atoms with van der Waals surface area (Å²) in [5.41, 5.74) is 6.97. The maximum Gasteiger partial charge on any atom is 0.204 e. The Labute approximate surface area is 176 Å². The van der Waals surface area contributed by atoms with Crippen LogP contribution in [0.1, 0.15) is 11.4 Å². The molecule has 9 heteroatoms. The van der Waals surface area contributed by atoms with Crippen LogP contribution in [-0.2, 0) is 6.42 Å². The number of benzene rings is 2. The van der Waals surface area contributed by atoms with Gasteiger partial charge < -0.3 is 5.32 Å². The van der Waals surface area contributed by atoms with Gasteiger partial charge in [0.2, 0.25) is 5.82 Å². The standard InChI is InChI=1S/C21H18N8S/c1-13-24-18(15-5-6-17-19(10-15)30-12-23-17)11-20(25-13)22-8-7-14-3-2-4-16(9-14)21-26-28-29-27-21/h2-6,9-12H,7-8H2,1H3,(H,22,24,25)(H,26,27,28,29). The van der Waals surface area contributed by atoms with E-state index in [0.717, 1.165) is 51.6 Å². The van der Waals surface area contributed by atoms with Gasteiger partial charge in [0.25, 0.3) is 0 Å². The molecule has 3 aromatic heterocycles. The van der Waals surface area contributed by atoms with E-state index in [1.54, 1.807) is 11.3 Å². The number of tetrazole rings is 1. The van der Waals surface area contributed by atoms with Crippen molar-refractivity contribution >= 4 is 27.4 Å². The highest BCUT2D eigenvalue weighted by Gasteiger charge is 2.08. The van der Waals surface area contributed by atoms with Gasteiger partial charge in [-0.25, -0.2) is 15.0 Å². The van der Waals surface area contributed by atoms with Crippen LogP contribution in [-0.4, -0.2) is 42.1 Å². The van der Waals surface area contributed by atoms with Gasteiger partial charge in [0.15, 0.2) is 0 Å². The highest BCUT2D eigenvalue weighted by molar-refractivity contribution is 7.16. The fraction of sp³-hybridized carbons (Fsp3) is 0.143. The molecule has 30 heavy (non-hydrogen) atoms. The minimum Gasteiger partial charge on any atom is -0.370 e. The Balaban J connectivity index is 1.30. The lowest BCUT2D eigenvalue weighted by Crippen LogP contribution is -2.08. The zero-order valence-corrected chi connectivity index (χ0v) is 17.0. The summed E-state index contributed by atoms with van der Waals surface area (Å²) in [6.45, 7) is 2.66. The number of H-pyrrole nitrogens is 1. The number of thiazole rings is 1. The second-order valence-electron chi connectivity index (χ2n) is 6.83. The first-order valence-corrected chi connectivity index (χ1v) is 10.4. The molecular formula is C21H18N8S. The Kier molecular flexibility index (Phi) is 4.86. The van der Waals surface area contributed by atoms with Crippen molar-refractivity contribution < 1.29 is 0 Å². The maximum absolute atomic E-state index is 4.61. The number of rotatable bonds is 6. The SMILES string of the molecule is Cc1nc(NCCc2cccc(-c3nn[nH]n3)c2)cc(-c2ccc3ncsc3c2)n1. The number of aryl methyl sites for hydroxylation is 1. The minimum atomic E-state index is 0.596. The van der Waals surface area contributed by atoms with E-state index in [-0.39, 0.29) is 0 Å². The van der Waals surface area contributed by atoms with E-state index >= 15 is 0 Å². The predicted molar refractivity (Wildman–Crippen MR) is 117 cm³/mol. The average molecular weight is 414 g/mol. The molecular weight excluding hydrogens is 396 g/mol. The third kappa shape index (κ3) is 3.87. The monoisotopic (exact) mass is 414 g/mol. The molecule has 0 radical (unpaired) electrons. The second-order valence-corrected chi connectivity index (χ2v) is 7.72. The van der Waals surface area contributed by atoms with Crippen LogP contribution in [0.3, 0.4) is 0 Å². The largest absolute Gasteiger partial charge is 0.370 e. The number of hydrogen-bond donors (Lipinski definition) is 2. The van der Waals surface area contributed by atoms with Crippen LogP contribution >= 0.6 is 11.3 Å². The molecule has 5 rings (SSSR count). The number of fused-ring (bicyclic) bond motifs is 1. The topological polar surface area (TPSA) is 105 Å². The van der Waals surface area contributed by atoms with Gasteiger partial charge in [-0.05, 0) is 42.3 Å². The average Bonchev–Trinajstić information content (AvgIpc) is 3.45. The lowest BCUT2D eigenvalue weighted by molar-refractivity contribution is 0.881. The summed E-state index contributed by atoms with van der Waals surface area (Å²) in [5, 5.41) is 17.6. The van der Waals surface area contributed by atoms with E-state index in [0.29, 0.717) is 5.82 Å². The fourth-order valence-electron chi connectivity index (χ4n) is 3.31. The Morgan fingerprint density at radius 2 is 2.00 bits per heavy atom. The molecule has 0 amide bonds. The van der Waals surface area contributed by atoms with Crippen molar-refractivity contribution in [1.82, 2.24) is 35.6 Å². The minimum absolute atomic E-state index is 0.596. The molecule has 0 saturated heterocycles. The fourth-order valence-corrected chi connectivity index (χ4v) is 4.02. The summed E-state index contributed by atoms with van der Waals surface area (Å²) < 4.78 is 1.15. The Bertz CT molecular complexity index is 1300. The summed E-state index contributed by atoms with van der Waals surface area (Å²) in [5.74, 6) is 2.15. The van der Waals surface area contributed by atoms with Crippen LogP contribution in [0, 0.1) is 6.92 Å². The summed E-state index contributed by atoms with van der Waals surface area (Å²) >= 11 is 1.63. The molecule has 0 fully saturated rings. The summed E-state index contributed by atoms with van der Waals surface area (Å²) in [6, 6.07) is 16.3. The van der Waals surface area contributed by atoms with E-state index in [9.17, 15) is 0 Å². The van der Waals surface area contributed by atoms with E-state index < -0.39 is 0 Å². The van der Waals surface area contributed by atoms with Gasteiger partial charge in [0, 0.05) is 23.7 Å². The van der Waals surface area contributed by atoms with Crippen LogP contribution in [0.15, 0.2) is 54.0 Å². The molecule has 2 N–H and O–H groups in total. The zero-order chi connectivity index (χ0) is 20.3. The van der Waals surface area contributed by atoms with Crippen molar-refractivity contribution in [2.75, 3.05) is 11.9 Å². The Morgan fingerprint density at radius 3 is 2.90 bits per heavy atom. The molecule has 0 aliphatic rings. The normalized spacial score (nSPS) is 11.1. The van der Waals surface area contributed by atoms with Crippen LogP contribution in [0.2, 0.25) is 0 Å². The number of nitrogens with zero attached hydrogens (tertiary/aromatic N) is 6. The van der Waals surface area contributed by atoms with Gasteiger partial charge >= 0.3 is 0 Å². The highest BCUT2D eigenvalue weighted by Crippen LogP contribution is 2.26. The third-order valence-corrected chi connectivity index (χ3v) is 5.51. The lowest BCUT2D eigenvalue weighted by atomic mass is 10.1. The first kappa shape index (κ1) is 18.3. The number of hydrogen-bond acceptors (Lipinski definition) is 8. The van der Waals surface area contributed by atoms with Crippen LogP contribution < -0.4 is 5.32 Å². The zero-order valence-electron chi connectivity index (χ0n) is 16.2. The molecule has 5 aromatic rings. The van der Waals surface area contributed by atoms with Gasteiger partial charge in [-0.2, -0.15) is 5.21 Å². The van der Waals surface area contributed by atoms with Crippen LogP contribution in [0.5, 0.6) is 0 Å². The molecule has 0 atom stereocenters. The highest BCUT2D eigenvalue weighted by atomic mass is 32.1. The molecule has 2 aromatic carbocycles. The molecule has 0 aliphatic heterocycles. The molecule has 148 valence electrons. The van der Waals surface area contributed by atoms with E-state index in [1.165, 1.54) is 5.56 Å². The predicted octanol–water partition coefficient (Wildman–Crippen LogP) is 3.90. The number of nitrogens with one attached hydrogen (secondary N) is 2. The second kappa shape index (κ2) is 7.96. The first-order valence-electron chi connectivity index (χ1n) is 9.50. The van der Waals surface area contributed by atoms with Crippen molar-refractivity contribution in [3.63, 3.8) is 0 Å². The number of aromatic amines is 1. The molecule has 0 spiro atoms. The van der Waals surface area contributed by atoms with Gasteiger partial charge in [0.05, 0.1) is 21.4 Å². The number of anilines is 1. The van der Waals surface area contributed by atoms with Crippen molar-refractivity contribution in [3.05, 3.63) is 65.4 Å². The van der Waals surface area contributed by atoms with E-state index in [1.807, 2.05) is 36.7 Å². The summed E-state index contributed by atoms with van der Waals surface area (Å²) in [7, 11) is 0. The quantitative estimate of drug-likeness (QED) is 0.434. The van der Waals surface area contributed by atoms with Gasteiger partial charge in [-0.15, -0.1) is 21.5 Å². The van der Waals surface area contributed by atoms with Gasteiger partial charge in [-0.3, -0.25) is 0 Å². The lowest BCUT2D eigenvalue weighted by Gasteiger charge is -2.09. The smallest absolute Gasteiger partial charge is 0.204 e. The van der Waals surface area contributed by atoms with E-state index in [4.69, 9.17) is 0 Å². The Hall–Kier alpha value is -3.72. The first-order chi connectivity index (χ1) is 14.7. The maximum atomic E-state index is 4.61. The van der Waals surface area contributed by atoms with E-state index in [2.05, 4.69) is 65.2 Å². The molecule has 0 aliphatic carbocycles. The van der Waals surface area contributed by atoms with Crippen LogP contribution in [0.4, 0.5) is 5.82 Å². The van der Waals surface area contributed by atoms with Gasteiger partial charge in [0.1, 0.15) is 11.6 Å². The van der Waals surface area contributed by atoms with Crippen molar-refractivity contribution in [2.45, 2.75) is 13.3 Å². The number of aromatic nitrogens is 7. The Morgan fingerprint density at radius 1 is 1.03 bits per heavy atom. The van der Waals surface area contributed by atoms with Crippen molar-refractivity contribution in [2.24, 2.45) is 0 Å². The van der Waals surface area contributed by atoms with Gasteiger partial charge in [-0.1, -0.05) is 24.3 Å². The molecule has 0 unspecified atom stereocenters. The van der Waals surface area contributed by atoms with Crippen molar-refractivity contribution in [3.8, 4) is 22.6 Å². The molecule has 0 saturated carbocycles. The molecule has 3 heterocycles. The third-order valence-electron chi connectivity index (χ3n) is 4.72. The molecule has 8 nitrogen and oxygen atoms in total. The molecule has 0 bridgehead atoms. The summed E-state index contributed by atoms with van der Waals surface area (Å²) in [4.78, 5) is 13.5. The van der Waals surface area contributed by atoms with Crippen molar-refractivity contribution in [1.29, 1.82) is 0 Å².